The fraction of sp³-hybridized carbons (Fsp3) is 0.441. The molecule has 0 radical (unpaired) electrons. The van der Waals surface area contributed by atoms with Crippen LogP contribution in [0.25, 0.3) is 0 Å². The van der Waals surface area contributed by atoms with E-state index in [0.29, 0.717) is 43.9 Å². The van der Waals surface area contributed by atoms with E-state index in [9.17, 15) is 18.4 Å². The van der Waals surface area contributed by atoms with E-state index in [1.807, 2.05) is 6.92 Å². The molecule has 0 aliphatic carbocycles. The minimum absolute atomic E-state index is 0.126. The Hall–Kier alpha value is -4.20. The van der Waals surface area contributed by atoms with Crippen LogP contribution in [0.15, 0.2) is 60.9 Å². The number of nitrogens with one attached hydrogen (secondary N) is 3. The molecule has 0 bridgehead atoms. The van der Waals surface area contributed by atoms with Crippen LogP contribution >= 0.6 is 0 Å². The third-order valence-electron chi connectivity index (χ3n) is 8.62. The van der Waals surface area contributed by atoms with Crippen LogP contribution < -0.4 is 21.7 Å². The first-order valence-electron chi connectivity index (χ1n) is 15.7. The Morgan fingerprint density at radius 1 is 1.09 bits per heavy atom. The minimum atomic E-state index is -1.12. The number of alkyl carbamates (subject to hydrolysis) is 1. The van der Waals surface area contributed by atoms with Crippen molar-refractivity contribution in [2.75, 3.05) is 38.2 Å². The highest BCUT2D eigenvalue weighted by molar-refractivity contribution is 5.85. The Kier molecular flexibility index (Phi) is 11.3. The molecule has 47 heavy (non-hydrogen) atoms. The molecule has 10 nitrogen and oxygen atoms in total. The molecule has 1 unspecified atom stereocenters. The number of pyridine rings is 1. The molecular formula is C34H40F3N5O5. The molecule has 2 aromatic carbocycles. The number of anilines is 1. The molecule has 2 amide bonds. The number of ether oxygens (including phenoxy) is 3. The van der Waals surface area contributed by atoms with E-state index >= 15 is 4.39 Å². The molecule has 1 aromatic heterocycles. The largest absolute Gasteiger partial charge is 0.448 e. The Morgan fingerprint density at radius 3 is 2.34 bits per heavy atom. The number of halogens is 3. The number of aromatic nitrogens is 1. The maximum atomic E-state index is 15.2. The van der Waals surface area contributed by atoms with E-state index < -0.39 is 41.4 Å². The predicted octanol–water partition coefficient (Wildman–Crippen LogP) is 4.18. The second kappa shape index (κ2) is 15.6. The average Bonchev–Trinajstić information content (AvgIpc) is 3.50. The predicted molar refractivity (Wildman–Crippen MR) is 168 cm³/mol. The zero-order valence-corrected chi connectivity index (χ0v) is 26.1. The molecule has 3 aromatic rings. The van der Waals surface area contributed by atoms with Crippen LogP contribution in [-0.2, 0) is 25.4 Å². The first-order chi connectivity index (χ1) is 22.6. The standard InChI is InChI=1S/C34H40F3N5O5/c1-34(13-2-14-47-34)20-41-33(44)46-19-25-18-45-26(15-40-25)11-12-27-28(37)16-39-17-29(27)42-31(32(38)43)30(21-3-7-23(35)8-4-21)22-5-9-24(36)10-6-22/h3-10,16-17,25-26,30-31,40,42H,2,11-15,18-20H2,1H3,(H2,38,43)(H,41,44)/t25-,26+,31-,34?/m0/s1. The summed E-state index contributed by atoms with van der Waals surface area (Å²) in [6.07, 6.45) is 4.27. The van der Waals surface area contributed by atoms with Crippen LogP contribution in [0.1, 0.15) is 48.8 Å². The number of carbonyl (C=O) groups is 2. The van der Waals surface area contributed by atoms with Crippen LogP contribution in [0.5, 0.6) is 0 Å². The number of hydrogen-bond donors (Lipinski definition) is 4. The van der Waals surface area contributed by atoms with Crippen LogP contribution in [0.3, 0.4) is 0 Å². The van der Waals surface area contributed by atoms with Crippen molar-refractivity contribution in [3.8, 4) is 0 Å². The van der Waals surface area contributed by atoms with Gasteiger partial charge in [-0.3, -0.25) is 9.78 Å². The van der Waals surface area contributed by atoms with Gasteiger partial charge >= 0.3 is 6.09 Å². The number of benzene rings is 2. The van der Waals surface area contributed by atoms with Gasteiger partial charge in [0.05, 0.1) is 42.4 Å². The topological polar surface area (TPSA) is 137 Å². The zero-order chi connectivity index (χ0) is 33.4. The first kappa shape index (κ1) is 34.1. The highest BCUT2D eigenvalue weighted by Gasteiger charge is 2.32. The summed E-state index contributed by atoms with van der Waals surface area (Å²) in [7, 11) is 0. The maximum Gasteiger partial charge on any atom is 0.407 e. The lowest BCUT2D eigenvalue weighted by molar-refractivity contribution is -0.119. The van der Waals surface area contributed by atoms with Gasteiger partial charge in [-0.15, -0.1) is 0 Å². The zero-order valence-electron chi connectivity index (χ0n) is 26.1. The lowest BCUT2D eigenvalue weighted by atomic mass is 9.84. The number of amides is 2. The second-order valence-electron chi connectivity index (χ2n) is 12.2. The van der Waals surface area contributed by atoms with Crippen LogP contribution in [0.2, 0.25) is 0 Å². The summed E-state index contributed by atoms with van der Waals surface area (Å²) >= 11 is 0. The highest BCUT2D eigenvalue weighted by Crippen LogP contribution is 2.32. The molecule has 5 rings (SSSR count). The lowest BCUT2D eigenvalue weighted by Crippen LogP contribution is -2.49. The molecule has 3 heterocycles. The monoisotopic (exact) mass is 655 g/mol. The summed E-state index contributed by atoms with van der Waals surface area (Å²) in [5.74, 6) is -3.00. The van der Waals surface area contributed by atoms with Gasteiger partial charge in [-0.05, 0) is 68.0 Å². The molecular weight excluding hydrogens is 615 g/mol. The Labute approximate surface area is 271 Å². The average molecular weight is 656 g/mol. The van der Waals surface area contributed by atoms with Gasteiger partial charge in [0, 0.05) is 31.2 Å². The van der Waals surface area contributed by atoms with Crippen LogP contribution in [0.4, 0.5) is 23.7 Å². The van der Waals surface area contributed by atoms with Gasteiger partial charge in [-0.25, -0.2) is 18.0 Å². The van der Waals surface area contributed by atoms with Crippen molar-refractivity contribution in [1.29, 1.82) is 0 Å². The van der Waals surface area contributed by atoms with Crippen molar-refractivity contribution in [2.45, 2.75) is 62.3 Å². The SMILES string of the molecule is CC1(CNC(=O)OC[C@@H]2CO[C@H](CCc3c(F)cncc3N[C@H](C(N)=O)C(c3ccc(F)cc3)c3ccc(F)cc3)CN2)CCCO1. The third-order valence-corrected chi connectivity index (χ3v) is 8.62. The van der Waals surface area contributed by atoms with E-state index in [1.54, 1.807) is 0 Å². The van der Waals surface area contributed by atoms with Gasteiger partial charge in [-0.2, -0.15) is 0 Å². The van der Waals surface area contributed by atoms with E-state index in [1.165, 1.54) is 54.7 Å². The molecule has 2 aliphatic rings. The van der Waals surface area contributed by atoms with E-state index in [4.69, 9.17) is 19.9 Å². The fourth-order valence-corrected chi connectivity index (χ4v) is 5.97. The van der Waals surface area contributed by atoms with Crippen molar-refractivity contribution < 1.29 is 37.0 Å². The number of carbonyl (C=O) groups excluding carboxylic acids is 2. The number of nitrogens with two attached hydrogens (primary N) is 1. The van der Waals surface area contributed by atoms with Crippen molar-refractivity contribution >= 4 is 17.7 Å². The summed E-state index contributed by atoms with van der Waals surface area (Å²) in [4.78, 5) is 29.0. The van der Waals surface area contributed by atoms with Crippen LogP contribution in [-0.4, -0.2) is 73.7 Å². The Morgan fingerprint density at radius 2 is 1.77 bits per heavy atom. The molecule has 0 spiro atoms. The van der Waals surface area contributed by atoms with Gasteiger partial charge in [0.15, 0.2) is 0 Å². The van der Waals surface area contributed by atoms with E-state index in [2.05, 4.69) is 20.9 Å². The van der Waals surface area contributed by atoms with E-state index in [-0.39, 0.29) is 42.0 Å². The van der Waals surface area contributed by atoms with Crippen molar-refractivity contribution in [3.05, 3.63) is 95.1 Å². The summed E-state index contributed by atoms with van der Waals surface area (Å²) in [5.41, 5.74) is 7.16. The molecule has 4 atom stereocenters. The normalized spacial score (nSPS) is 21.7. The van der Waals surface area contributed by atoms with Crippen LogP contribution in [0, 0.1) is 17.5 Å². The number of primary amides is 1. The summed E-state index contributed by atoms with van der Waals surface area (Å²) in [6, 6.07) is 9.82. The molecule has 0 saturated carbocycles. The minimum Gasteiger partial charge on any atom is -0.448 e. The van der Waals surface area contributed by atoms with Gasteiger partial charge in [0.25, 0.3) is 0 Å². The van der Waals surface area contributed by atoms with E-state index in [0.717, 1.165) is 19.0 Å². The van der Waals surface area contributed by atoms with Gasteiger partial charge in [0.1, 0.15) is 30.1 Å². The fourth-order valence-electron chi connectivity index (χ4n) is 5.97. The highest BCUT2D eigenvalue weighted by atomic mass is 19.1. The number of morpholine rings is 1. The molecule has 252 valence electrons. The summed E-state index contributed by atoms with van der Waals surface area (Å²) < 4.78 is 59.8. The Balaban J connectivity index is 1.19. The number of rotatable bonds is 13. The maximum absolute atomic E-state index is 15.2. The molecule has 2 saturated heterocycles. The Bertz CT molecular complexity index is 1450. The first-order valence-corrected chi connectivity index (χ1v) is 15.7. The van der Waals surface area contributed by atoms with Gasteiger partial charge < -0.3 is 35.9 Å². The van der Waals surface area contributed by atoms with Gasteiger partial charge in [-0.1, -0.05) is 24.3 Å². The smallest absolute Gasteiger partial charge is 0.407 e. The molecule has 5 N–H and O–H groups in total. The van der Waals surface area contributed by atoms with Crippen molar-refractivity contribution in [3.63, 3.8) is 0 Å². The van der Waals surface area contributed by atoms with Crippen molar-refractivity contribution in [2.24, 2.45) is 5.73 Å². The summed E-state index contributed by atoms with van der Waals surface area (Å²) in [5, 5.41) is 9.15. The molecule has 2 aliphatic heterocycles. The molecule has 2 fully saturated rings. The lowest BCUT2D eigenvalue weighted by Gasteiger charge is -2.31. The third kappa shape index (κ3) is 9.21. The second-order valence-corrected chi connectivity index (χ2v) is 12.2. The number of nitrogens with zero attached hydrogens (tertiary/aromatic N) is 1. The molecule has 13 heteroatoms. The van der Waals surface area contributed by atoms with Crippen molar-refractivity contribution in [1.82, 2.24) is 15.6 Å². The summed E-state index contributed by atoms with van der Waals surface area (Å²) in [6.45, 7) is 3.90. The number of hydrogen-bond acceptors (Lipinski definition) is 8. The quantitative estimate of drug-likeness (QED) is 0.215. The van der Waals surface area contributed by atoms with Gasteiger partial charge in [0.2, 0.25) is 5.91 Å².